The highest BCUT2D eigenvalue weighted by molar-refractivity contribution is 6.22. The van der Waals surface area contributed by atoms with Gasteiger partial charge in [-0.2, -0.15) is 5.10 Å². The summed E-state index contributed by atoms with van der Waals surface area (Å²) < 4.78 is 15.0. The maximum absolute atomic E-state index is 13.5. The van der Waals surface area contributed by atoms with Crippen LogP contribution in [-0.2, 0) is 21.5 Å². The van der Waals surface area contributed by atoms with E-state index in [1.54, 1.807) is 53.8 Å². The van der Waals surface area contributed by atoms with Crippen molar-refractivity contribution in [3.05, 3.63) is 83.2 Å². The number of allylic oxidation sites excluding steroid dienone is 3. The van der Waals surface area contributed by atoms with Crippen LogP contribution in [0.15, 0.2) is 65.7 Å². The van der Waals surface area contributed by atoms with Gasteiger partial charge in [-0.05, 0) is 70.4 Å². The van der Waals surface area contributed by atoms with Crippen molar-refractivity contribution in [1.29, 1.82) is 0 Å². The Balaban J connectivity index is 0.00000344. The van der Waals surface area contributed by atoms with Crippen LogP contribution >= 0.6 is 0 Å². The highest BCUT2D eigenvalue weighted by Gasteiger charge is 2.36. The Bertz CT molecular complexity index is 1250. The summed E-state index contributed by atoms with van der Waals surface area (Å²) in [5.41, 5.74) is 8.12. The monoisotopic (exact) mass is 540 g/mol. The van der Waals surface area contributed by atoms with Crippen LogP contribution in [0.3, 0.4) is 0 Å². The topological polar surface area (TPSA) is 111 Å². The molecule has 2 rings (SSSR count). The number of hydrogen-bond acceptors (Lipinski definition) is 5. The summed E-state index contributed by atoms with van der Waals surface area (Å²) in [7, 11) is 0. The first kappa shape index (κ1) is 35.2. The molecule has 39 heavy (non-hydrogen) atoms. The number of carbonyl (C=O) groups is 2. The molecule has 8 heteroatoms. The molecule has 1 aromatic heterocycles. The van der Waals surface area contributed by atoms with Gasteiger partial charge in [0.15, 0.2) is 0 Å². The smallest absolute Gasteiger partial charge is 0.310 e. The van der Waals surface area contributed by atoms with E-state index in [0.29, 0.717) is 33.6 Å². The van der Waals surface area contributed by atoms with Crippen molar-refractivity contribution >= 4 is 23.5 Å². The molecule has 7 nitrogen and oxygen atoms in total. The number of rotatable bonds is 10. The van der Waals surface area contributed by atoms with Gasteiger partial charge in [0.05, 0.1) is 23.6 Å². The number of carbonyl (C=O) groups excluding carboxylic acids is 1. The predicted molar refractivity (Wildman–Crippen MR) is 159 cm³/mol. The standard InChI is InChI=1S/C27H33FN4O3.2C2H6/c1-16(2)23(24(29)31-19(5)18(4)22-10-9-21(28)11-17(22)3)27(8,15-33)20-12-30-32(13-20)14-26(6,7)25(34)35;2*1-2/h9-13,15H,1,4,14,29H2,2-3,5-8H3,(H,34,35);2*1-2H3/b24-23+,31-19+;;. The number of carboxylic acids is 1. The van der Waals surface area contributed by atoms with Gasteiger partial charge in [0.1, 0.15) is 17.9 Å². The molecule has 1 heterocycles. The molecule has 0 radical (unpaired) electrons. The van der Waals surface area contributed by atoms with E-state index in [-0.39, 0.29) is 18.2 Å². The first-order valence-corrected chi connectivity index (χ1v) is 13.0. The summed E-state index contributed by atoms with van der Waals surface area (Å²) in [6.07, 6.45) is 3.89. The van der Waals surface area contributed by atoms with E-state index in [1.165, 1.54) is 23.0 Å². The first-order valence-electron chi connectivity index (χ1n) is 13.0. The predicted octanol–water partition coefficient (Wildman–Crippen LogP) is 6.87. The molecule has 0 aliphatic carbocycles. The van der Waals surface area contributed by atoms with E-state index in [1.807, 2.05) is 27.7 Å². The van der Waals surface area contributed by atoms with Crippen LogP contribution < -0.4 is 5.73 Å². The highest BCUT2D eigenvalue weighted by Crippen LogP contribution is 2.36. The van der Waals surface area contributed by atoms with Crippen LogP contribution in [0.4, 0.5) is 4.39 Å². The van der Waals surface area contributed by atoms with E-state index >= 15 is 0 Å². The summed E-state index contributed by atoms with van der Waals surface area (Å²) in [5.74, 6) is -1.21. The van der Waals surface area contributed by atoms with Crippen molar-refractivity contribution in [2.75, 3.05) is 0 Å². The number of aromatic nitrogens is 2. The third-order valence-electron chi connectivity index (χ3n) is 6.05. The first-order chi connectivity index (χ1) is 18.1. The molecule has 0 aliphatic heterocycles. The fourth-order valence-corrected chi connectivity index (χ4v) is 3.85. The number of aryl methyl sites for hydroxylation is 1. The number of nitrogens with zero attached hydrogens (tertiary/aromatic N) is 3. The lowest BCUT2D eigenvalue weighted by molar-refractivity contribution is -0.147. The molecule has 0 amide bonds. The Morgan fingerprint density at radius 3 is 2.21 bits per heavy atom. The zero-order chi connectivity index (χ0) is 30.7. The maximum atomic E-state index is 13.5. The Morgan fingerprint density at radius 1 is 1.18 bits per heavy atom. The lowest BCUT2D eigenvalue weighted by atomic mass is 9.75. The molecule has 3 N–H and O–H groups in total. The van der Waals surface area contributed by atoms with E-state index in [9.17, 15) is 19.1 Å². The van der Waals surface area contributed by atoms with Crippen molar-refractivity contribution < 1.29 is 19.1 Å². The fraction of sp³-hybridized carbons (Fsp3) is 0.419. The minimum Gasteiger partial charge on any atom is -0.481 e. The van der Waals surface area contributed by atoms with Gasteiger partial charge in [0.2, 0.25) is 0 Å². The van der Waals surface area contributed by atoms with Crippen molar-refractivity contribution in [2.45, 2.75) is 81.2 Å². The van der Waals surface area contributed by atoms with Crippen LogP contribution in [0.2, 0.25) is 0 Å². The average Bonchev–Trinajstić information content (AvgIpc) is 3.34. The minimum atomic E-state index is -1.24. The highest BCUT2D eigenvalue weighted by atomic mass is 19.1. The van der Waals surface area contributed by atoms with Gasteiger partial charge in [-0.25, -0.2) is 9.38 Å². The summed E-state index contributed by atoms with van der Waals surface area (Å²) >= 11 is 0. The number of aldehydes is 1. The second-order valence-electron chi connectivity index (χ2n) is 9.61. The number of hydrogen-bond donors (Lipinski definition) is 2. The molecule has 0 saturated carbocycles. The van der Waals surface area contributed by atoms with Gasteiger partial charge in [-0.15, -0.1) is 0 Å². The fourth-order valence-electron chi connectivity index (χ4n) is 3.85. The van der Waals surface area contributed by atoms with E-state index in [4.69, 9.17) is 5.73 Å². The number of aliphatic carboxylic acids is 1. The van der Waals surface area contributed by atoms with Crippen molar-refractivity contribution in [1.82, 2.24) is 9.78 Å². The lowest BCUT2D eigenvalue weighted by Gasteiger charge is -2.27. The van der Waals surface area contributed by atoms with Crippen molar-refractivity contribution in [3.8, 4) is 0 Å². The van der Waals surface area contributed by atoms with Crippen LogP contribution in [0.1, 0.15) is 79.0 Å². The second kappa shape index (κ2) is 15.0. The Kier molecular flexibility index (Phi) is 13.5. The van der Waals surface area contributed by atoms with E-state index in [2.05, 4.69) is 23.2 Å². The van der Waals surface area contributed by atoms with E-state index < -0.39 is 16.8 Å². The molecule has 2 aromatic rings. The molecule has 0 fully saturated rings. The van der Waals surface area contributed by atoms with Gasteiger partial charge in [-0.1, -0.05) is 52.5 Å². The Hall–Kier alpha value is -3.81. The molecule has 1 aromatic carbocycles. The second-order valence-corrected chi connectivity index (χ2v) is 9.61. The SMILES string of the molecule is C=C(C)/C(=C(N)\N=C(/C)C(=C)c1ccc(F)cc1C)C(C)(C=O)c1cnn(CC(C)(C)C(=O)O)c1.CC.CC. The Morgan fingerprint density at radius 2 is 1.74 bits per heavy atom. The van der Waals surface area contributed by atoms with Gasteiger partial charge >= 0.3 is 5.97 Å². The minimum absolute atomic E-state index is 0.0872. The number of benzene rings is 1. The van der Waals surface area contributed by atoms with Crippen molar-refractivity contribution in [2.24, 2.45) is 16.1 Å². The van der Waals surface area contributed by atoms with E-state index in [0.717, 1.165) is 11.8 Å². The quantitative estimate of drug-likeness (QED) is 0.194. The molecule has 0 aliphatic rings. The molecule has 214 valence electrons. The number of halogens is 1. The van der Waals surface area contributed by atoms with Crippen molar-refractivity contribution in [3.63, 3.8) is 0 Å². The van der Waals surface area contributed by atoms with Crippen LogP contribution in [-0.4, -0.2) is 32.9 Å². The molecular formula is C31H45FN4O3. The third kappa shape index (κ3) is 8.60. The maximum Gasteiger partial charge on any atom is 0.310 e. The van der Waals surface area contributed by atoms with Gasteiger partial charge in [0.25, 0.3) is 0 Å². The van der Waals surface area contributed by atoms with Gasteiger partial charge in [0, 0.05) is 23.0 Å². The summed E-state index contributed by atoms with van der Waals surface area (Å²) in [4.78, 5) is 28.5. The zero-order valence-electron chi connectivity index (χ0n) is 25.1. The summed E-state index contributed by atoms with van der Waals surface area (Å²) in [6, 6.07) is 4.40. The number of nitrogens with two attached hydrogens (primary N) is 1. The molecule has 1 atom stereocenters. The lowest BCUT2D eigenvalue weighted by Crippen LogP contribution is -2.30. The molecule has 0 saturated heterocycles. The zero-order valence-corrected chi connectivity index (χ0v) is 25.1. The summed E-state index contributed by atoms with van der Waals surface area (Å²) in [6.45, 7) is 26.3. The number of aliphatic imine (C=N–C) groups is 1. The molecule has 0 bridgehead atoms. The van der Waals surface area contributed by atoms with Crippen LogP contribution in [0, 0.1) is 18.2 Å². The third-order valence-corrected chi connectivity index (χ3v) is 6.05. The van der Waals surface area contributed by atoms with Crippen LogP contribution in [0.25, 0.3) is 5.57 Å². The van der Waals surface area contributed by atoms with Crippen LogP contribution in [0.5, 0.6) is 0 Å². The largest absolute Gasteiger partial charge is 0.481 e. The molecule has 0 spiro atoms. The summed E-state index contributed by atoms with van der Waals surface area (Å²) in [5, 5.41) is 13.7. The van der Waals surface area contributed by atoms with Gasteiger partial charge < -0.3 is 15.6 Å². The Labute approximate surface area is 233 Å². The normalized spacial score (nSPS) is 13.5. The van der Waals surface area contributed by atoms with Gasteiger partial charge in [-0.3, -0.25) is 9.48 Å². The number of carboxylic acid groups (broad SMARTS) is 1. The molecule has 1 unspecified atom stereocenters. The average molecular weight is 541 g/mol. The molecular weight excluding hydrogens is 495 g/mol.